The smallest absolute Gasteiger partial charge is 0.173 e. The Kier molecular flexibility index (Phi) is 6.78. The van der Waals surface area contributed by atoms with Gasteiger partial charge in [-0.2, -0.15) is 4.91 Å². The van der Waals surface area contributed by atoms with Gasteiger partial charge in [0.1, 0.15) is 0 Å². The number of nitroso groups, excluding NO2 is 1. The summed E-state index contributed by atoms with van der Waals surface area (Å²) in [6, 6.07) is 16.2. The van der Waals surface area contributed by atoms with E-state index in [0.717, 1.165) is 44.2 Å². The van der Waals surface area contributed by atoms with E-state index in [1.54, 1.807) is 12.1 Å². The second-order valence-corrected chi connectivity index (χ2v) is 10.4. The largest absolute Gasteiger partial charge is 0.593 e. The van der Waals surface area contributed by atoms with Crippen molar-refractivity contribution in [2.45, 2.75) is 67.8 Å². The van der Waals surface area contributed by atoms with Gasteiger partial charge in [0.15, 0.2) is 4.90 Å². The third-order valence-electron chi connectivity index (χ3n) is 7.43. The van der Waals surface area contributed by atoms with Crippen LogP contribution in [0.5, 0.6) is 0 Å². The number of fused-ring (bicyclic) bond motifs is 3. The number of nitrogens with two attached hydrogens (primary N) is 1. The first-order chi connectivity index (χ1) is 16.1. The van der Waals surface area contributed by atoms with Crippen LogP contribution in [-0.4, -0.2) is 34.5 Å². The highest BCUT2D eigenvalue weighted by Crippen LogP contribution is 2.46. The topological polar surface area (TPSA) is 103 Å². The van der Waals surface area contributed by atoms with Crippen molar-refractivity contribution in [3.63, 3.8) is 0 Å². The summed E-state index contributed by atoms with van der Waals surface area (Å²) >= 11 is -1.46. The molecular weight excluding hydrogens is 436 g/mol. The first kappa shape index (κ1) is 22.5. The Morgan fingerprint density at radius 1 is 1.12 bits per heavy atom. The van der Waals surface area contributed by atoms with Crippen LogP contribution in [0.2, 0.25) is 0 Å². The van der Waals surface area contributed by atoms with Crippen molar-refractivity contribution in [3.05, 3.63) is 70.1 Å². The molecule has 0 aromatic heterocycles. The second-order valence-electron chi connectivity index (χ2n) is 9.29. The van der Waals surface area contributed by atoms with Crippen molar-refractivity contribution < 1.29 is 9.29 Å². The van der Waals surface area contributed by atoms with E-state index in [2.05, 4.69) is 39.3 Å². The van der Waals surface area contributed by atoms with E-state index in [-0.39, 0.29) is 18.2 Å². The van der Waals surface area contributed by atoms with Crippen molar-refractivity contribution in [1.82, 2.24) is 4.90 Å². The molecule has 2 aliphatic heterocycles. The molecule has 1 saturated carbocycles. The van der Waals surface area contributed by atoms with Gasteiger partial charge < -0.3 is 14.2 Å². The van der Waals surface area contributed by atoms with Crippen LogP contribution >= 0.6 is 0 Å². The van der Waals surface area contributed by atoms with Crippen molar-refractivity contribution >= 4 is 17.7 Å². The summed E-state index contributed by atoms with van der Waals surface area (Å²) in [5, 5.41) is 9.01. The maximum atomic E-state index is 11.9. The van der Waals surface area contributed by atoms with Gasteiger partial charge in [-0.1, -0.05) is 41.6 Å². The Hall–Kier alpha value is -2.26. The van der Waals surface area contributed by atoms with E-state index in [1.165, 1.54) is 11.1 Å². The molecule has 0 spiro atoms. The van der Waals surface area contributed by atoms with Gasteiger partial charge in [0.05, 0.1) is 55.1 Å². The summed E-state index contributed by atoms with van der Waals surface area (Å²) in [6.07, 6.45) is 6.69. The fourth-order valence-electron chi connectivity index (χ4n) is 5.62. The fourth-order valence-corrected chi connectivity index (χ4v) is 6.03. The molecule has 0 radical (unpaired) electrons. The molecule has 1 fully saturated rings. The van der Waals surface area contributed by atoms with Crippen LogP contribution in [0.25, 0.3) is 0 Å². The minimum Gasteiger partial charge on any atom is -0.593 e. The lowest BCUT2D eigenvalue weighted by Crippen LogP contribution is -2.31. The lowest BCUT2D eigenvalue weighted by molar-refractivity contribution is 0.00379. The molecule has 2 heterocycles. The van der Waals surface area contributed by atoms with Crippen LogP contribution in [0.3, 0.4) is 0 Å². The molecule has 0 bridgehead atoms. The summed E-state index contributed by atoms with van der Waals surface area (Å²) in [6.45, 7) is 1.32. The summed E-state index contributed by atoms with van der Waals surface area (Å²) in [7, 11) is 0. The van der Waals surface area contributed by atoms with Crippen LogP contribution in [0.15, 0.2) is 63.6 Å². The van der Waals surface area contributed by atoms with Gasteiger partial charge in [-0.3, -0.25) is 4.99 Å². The van der Waals surface area contributed by atoms with E-state index in [1.807, 2.05) is 18.5 Å². The van der Waals surface area contributed by atoms with Crippen molar-refractivity contribution in [2.75, 3.05) is 6.54 Å². The number of benzene rings is 2. The standard InChI is InChI=1S/C25H30N4O3S/c26-33(31)20-11-5-17(6-12-20)15-32-19-9-7-18(8-10-19)23(28-30)13-24-21-3-1-2-4-22(21)25-14-27-16-29(24)25/h1-6,11-12,16,18-19,23-25H,7-10,13-15,26H2. The fraction of sp³-hybridized carbons (Fsp3) is 0.480. The predicted molar refractivity (Wildman–Crippen MR) is 129 cm³/mol. The molecule has 5 rings (SSSR count). The molecule has 1 aliphatic carbocycles. The molecule has 2 N–H and O–H groups in total. The first-order valence-corrected chi connectivity index (χ1v) is 12.9. The van der Waals surface area contributed by atoms with Crippen LogP contribution in [0, 0.1) is 10.8 Å². The van der Waals surface area contributed by atoms with Crippen molar-refractivity contribution in [3.8, 4) is 0 Å². The van der Waals surface area contributed by atoms with Gasteiger partial charge >= 0.3 is 0 Å². The van der Waals surface area contributed by atoms with E-state index < -0.39 is 11.4 Å². The van der Waals surface area contributed by atoms with Crippen LogP contribution in [0.1, 0.15) is 60.9 Å². The summed E-state index contributed by atoms with van der Waals surface area (Å²) in [5.74, 6) is 0.298. The van der Waals surface area contributed by atoms with Gasteiger partial charge in [0, 0.05) is 0 Å². The van der Waals surface area contributed by atoms with Gasteiger partial charge in [0.2, 0.25) is 0 Å². The molecule has 4 atom stereocenters. The Morgan fingerprint density at radius 3 is 2.55 bits per heavy atom. The van der Waals surface area contributed by atoms with E-state index in [0.29, 0.717) is 23.5 Å². The summed E-state index contributed by atoms with van der Waals surface area (Å²) in [4.78, 5) is 19.3. The molecule has 2 aromatic rings. The number of hydrogen-bond acceptors (Lipinski definition) is 7. The lowest BCUT2D eigenvalue weighted by atomic mass is 9.80. The molecule has 4 unspecified atom stereocenters. The van der Waals surface area contributed by atoms with Gasteiger partial charge in [0.25, 0.3) is 0 Å². The molecule has 0 saturated heterocycles. The molecule has 0 amide bonds. The maximum absolute atomic E-state index is 11.9. The van der Waals surface area contributed by atoms with E-state index >= 15 is 0 Å². The van der Waals surface area contributed by atoms with Crippen molar-refractivity contribution in [1.29, 1.82) is 0 Å². The number of ether oxygens (including phenoxy) is 1. The normalized spacial score (nSPS) is 27.8. The second kappa shape index (κ2) is 9.93. The highest BCUT2D eigenvalue weighted by Gasteiger charge is 2.41. The highest BCUT2D eigenvalue weighted by molar-refractivity contribution is 7.89. The summed E-state index contributed by atoms with van der Waals surface area (Å²) < 4.78 is 17.4. The van der Waals surface area contributed by atoms with E-state index in [4.69, 9.17) is 9.88 Å². The predicted octanol–water partition coefficient (Wildman–Crippen LogP) is 4.41. The van der Waals surface area contributed by atoms with Gasteiger partial charge in [-0.25, -0.2) is 0 Å². The highest BCUT2D eigenvalue weighted by atomic mass is 32.2. The van der Waals surface area contributed by atoms with Crippen LogP contribution in [0.4, 0.5) is 0 Å². The quantitative estimate of drug-likeness (QED) is 0.458. The number of hydrogen-bond donors (Lipinski definition) is 1. The van der Waals surface area contributed by atoms with Crippen LogP contribution in [-0.2, 0) is 22.7 Å². The Bertz CT molecular complexity index is 991. The molecule has 174 valence electrons. The summed E-state index contributed by atoms with van der Waals surface area (Å²) in [5.41, 5.74) is 3.71. The molecule has 33 heavy (non-hydrogen) atoms. The third kappa shape index (κ3) is 4.71. The number of nitrogens with zero attached hydrogens (tertiary/aromatic N) is 3. The average Bonchev–Trinajstić information content (AvgIpc) is 3.44. The molecule has 2 aromatic carbocycles. The molecule has 3 aliphatic rings. The zero-order chi connectivity index (χ0) is 22.8. The van der Waals surface area contributed by atoms with Crippen LogP contribution < -0.4 is 5.14 Å². The van der Waals surface area contributed by atoms with E-state index in [9.17, 15) is 9.46 Å². The Balaban J connectivity index is 1.15. The number of rotatable bonds is 8. The Morgan fingerprint density at radius 2 is 1.85 bits per heavy atom. The van der Waals surface area contributed by atoms with Gasteiger partial charge in [-0.15, -0.1) is 5.14 Å². The average molecular weight is 467 g/mol. The molecule has 7 nitrogen and oxygen atoms in total. The zero-order valence-corrected chi connectivity index (χ0v) is 19.4. The maximum Gasteiger partial charge on any atom is 0.173 e. The third-order valence-corrected chi connectivity index (χ3v) is 8.17. The monoisotopic (exact) mass is 466 g/mol. The molecule has 8 heteroatoms. The zero-order valence-electron chi connectivity index (χ0n) is 18.6. The SMILES string of the molecule is N[S+]([O-])c1ccc(COC2CCC(C(CC3c4ccccc4C4CN=CN43)N=O)CC2)cc1. The lowest BCUT2D eigenvalue weighted by Gasteiger charge is -2.33. The minimum atomic E-state index is -1.46. The first-order valence-electron chi connectivity index (χ1n) is 11.7. The molecular formula is C25H30N4O3S. The minimum absolute atomic E-state index is 0.181. The Labute approximate surface area is 197 Å². The number of aliphatic imine (C=N–C) groups is 1. The van der Waals surface area contributed by atoms with Gasteiger partial charge in [-0.05, 0) is 66.8 Å². The van der Waals surface area contributed by atoms with Crippen molar-refractivity contribution in [2.24, 2.45) is 21.2 Å².